The van der Waals surface area contributed by atoms with E-state index in [2.05, 4.69) is 13.8 Å². The van der Waals surface area contributed by atoms with E-state index in [4.69, 9.17) is 17.3 Å². The number of hydrogen-bond acceptors (Lipinski definition) is 2. The predicted octanol–water partition coefficient (Wildman–Crippen LogP) is 3.57. The van der Waals surface area contributed by atoms with E-state index < -0.39 is 0 Å². The van der Waals surface area contributed by atoms with E-state index in [0.29, 0.717) is 11.6 Å². The van der Waals surface area contributed by atoms with Crippen molar-refractivity contribution in [1.82, 2.24) is 0 Å². The van der Waals surface area contributed by atoms with Crippen molar-refractivity contribution >= 4 is 11.6 Å². The van der Waals surface area contributed by atoms with Crippen LogP contribution in [-0.4, -0.2) is 17.8 Å². The first-order chi connectivity index (χ1) is 8.60. The average molecular weight is 270 g/mol. The topological polar surface area (TPSA) is 46.2 Å². The van der Waals surface area contributed by atoms with E-state index in [9.17, 15) is 5.11 Å². The first-order valence-corrected chi connectivity index (χ1v) is 7.11. The maximum absolute atomic E-state index is 10.4. The predicted molar refractivity (Wildman–Crippen MR) is 77.9 cm³/mol. The van der Waals surface area contributed by atoms with Crippen LogP contribution in [0.3, 0.4) is 0 Å². The van der Waals surface area contributed by atoms with Gasteiger partial charge < -0.3 is 10.8 Å². The average Bonchev–Trinajstić information content (AvgIpc) is 2.38. The molecule has 3 atom stereocenters. The van der Waals surface area contributed by atoms with Crippen LogP contribution in [0.4, 0.5) is 0 Å². The van der Waals surface area contributed by atoms with Crippen LogP contribution in [0.2, 0.25) is 5.02 Å². The van der Waals surface area contributed by atoms with Crippen molar-refractivity contribution in [3.63, 3.8) is 0 Å². The highest BCUT2D eigenvalue weighted by Gasteiger charge is 2.24. The second kappa shape index (κ2) is 7.78. The molecule has 0 heterocycles. The zero-order chi connectivity index (χ0) is 13.5. The van der Waals surface area contributed by atoms with Gasteiger partial charge in [0.1, 0.15) is 0 Å². The van der Waals surface area contributed by atoms with Crippen molar-refractivity contribution in [3.8, 4) is 0 Å². The normalized spacial score (nSPS) is 16.3. The smallest absolute Gasteiger partial charge is 0.0646 e. The van der Waals surface area contributed by atoms with Crippen LogP contribution >= 0.6 is 11.6 Å². The van der Waals surface area contributed by atoms with Gasteiger partial charge in [-0.15, -0.1) is 0 Å². The van der Waals surface area contributed by atoms with Crippen molar-refractivity contribution in [2.75, 3.05) is 6.54 Å². The summed E-state index contributed by atoms with van der Waals surface area (Å²) >= 11 is 5.88. The highest BCUT2D eigenvalue weighted by atomic mass is 35.5. The number of aliphatic hydroxyl groups is 1. The Kier molecular flexibility index (Phi) is 6.69. The van der Waals surface area contributed by atoms with Crippen LogP contribution in [0.1, 0.15) is 44.6 Å². The molecule has 102 valence electrons. The van der Waals surface area contributed by atoms with Gasteiger partial charge >= 0.3 is 0 Å². The molecule has 0 saturated carbocycles. The van der Waals surface area contributed by atoms with E-state index in [1.165, 1.54) is 0 Å². The number of aliphatic hydroxyl groups excluding tert-OH is 1. The van der Waals surface area contributed by atoms with E-state index in [1.807, 2.05) is 24.3 Å². The van der Waals surface area contributed by atoms with Crippen LogP contribution in [0.5, 0.6) is 0 Å². The molecular formula is C15H24ClNO. The molecule has 0 spiro atoms. The van der Waals surface area contributed by atoms with Crippen molar-refractivity contribution in [3.05, 3.63) is 34.9 Å². The summed E-state index contributed by atoms with van der Waals surface area (Å²) < 4.78 is 0. The van der Waals surface area contributed by atoms with Gasteiger partial charge in [0, 0.05) is 17.5 Å². The summed E-state index contributed by atoms with van der Waals surface area (Å²) in [5, 5.41) is 11.1. The van der Waals surface area contributed by atoms with Crippen molar-refractivity contribution in [2.45, 2.75) is 45.1 Å². The van der Waals surface area contributed by atoms with Gasteiger partial charge in [-0.05, 0) is 30.0 Å². The van der Waals surface area contributed by atoms with Gasteiger partial charge in [-0.1, -0.05) is 50.4 Å². The molecule has 0 radical (unpaired) electrons. The van der Waals surface area contributed by atoms with E-state index in [1.54, 1.807) is 0 Å². The molecule has 0 fully saturated rings. The first kappa shape index (κ1) is 15.5. The lowest BCUT2D eigenvalue weighted by atomic mass is 9.84. The Morgan fingerprint density at radius 2 is 1.89 bits per heavy atom. The van der Waals surface area contributed by atoms with Crippen LogP contribution in [0.15, 0.2) is 24.3 Å². The molecule has 0 saturated heterocycles. The third-order valence-corrected chi connectivity index (χ3v) is 3.81. The van der Waals surface area contributed by atoms with Gasteiger partial charge in [0.25, 0.3) is 0 Å². The molecule has 2 nitrogen and oxygen atoms in total. The van der Waals surface area contributed by atoms with Gasteiger partial charge in [-0.3, -0.25) is 0 Å². The number of nitrogens with two attached hydrogens (primary N) is 1. The minimum absolute atomic E-state index is 0.00544. The molecule has 0 bridgehead atoms. The molecule has 18 heavy (non-hydrogen) atoms. The van der Waals surface area contributed by atoms with Crippen molar-refractivity contribution in [2.24, 2.45) is 11.7 Å². The zero-order valence-corrected chi connectivity index (χ0v) is 12.0. The summed E-state index contributed by atoms with van der Waals surface area (Å²) in [6.07, 6.45) is 2.96. The summed E-state index contributed by atoms with van der Waals surface area (Å²) in [5.74, 6) is 0.267. The Bertz CT molecular complexity index is 339. The van der Waals surface area contributed by atoms with Gasteiger partial charge in [0.05, 0.1) is 6.10 Å². The van der Waals surface area contributed by atoms with Crippen LogP contribution in [-0.2, 0) is 0 Å². The summed E-state index contributed by atoms with van der Waals surface area (Å²) in [5.41, 5.74) is 6.88. The zero-order valence-electron chi connectivity index (χ0n) is 11.3. The number of hydrogen-bond donors (Lipinski definition) is 2. The maximum atomic E-state index is 10.4. The van der Waals surface area contributed by atoms with Crippen LogP contribution in [0.25, 0.3) is 0 Å². The summed E-state index contributed by atoms with van der Waals surface area (Å²) in [6.45, 7) is 4.72. The molecular weight excluding hydrogens is 246 g/mol. The Balaban J connectivity index is 2.72. The molecule has 3 unspecified atom stereocenters. The summed E-state index contributed by atoms with van der Waals surface area (Å²) in [4.78, 5) is 0. The minimum atomic E-state index is -0.386. The highest BCUT2D eigenvalue weighted by molar-refractivity contribution is 6.30. The summed E-state index contributed by atoms with van der Waals surface area (Å²) in [7, 11) is 0. The third-order valence-electron chi connectivity index (χ3n) is 3.56. The number of halogens is 1. The third kappa shape index (κ3) is 4.27. The molecule has 0 aromatic heterocycles. The fraction of sp³-hybridized carbons (Fsp3) is 0.600. The van der Waals surface area contributed by atoms with E-state index in [0.717, 1.165) is 24.8 Å². The molecule has 1 rings (SSSR count). The molecule has 0 aliphatic rings. The Morgan fingerprint density at radius 3 is 2.39 bits per heavy atom. The molecule has 0 aliphatic heterocycles. The van der Waals surface area contributed by atoms with E-state index in [-0.39, 0.29) is 17.9 Å². The molecule has 0 amide bonds. The SMILES string of the molecule is CCCCC(C)C(O)C(CN)c1ccc(Cl)cc1. The fourth-order valence-electron chi connectivity index (χ4n) is 2.28. The monoisotopic (exact) mass is 269 g/mol. The fourth-order valence-corrected chi connectivity index (χ4v) is 2.40. The largest absolute Gasteiger partial charge is 0.392 e. The van der Waals surface area contributed by atoms with Crippen LogP contribution in [0, 0.1) is 5.92 Å². The molecule has 1 aromatic rings. The van der Waals surface area contributed by atoms with Crippen molar-refractivity contribution < 1.29 is 5.11 Å². The molecule has 3 N–H and O–H groups in total. The van der Waals surface area contributed by atoms with Crippen LogP contribution < -0.4 is 5.73 Å². The highest BCUT2D eigenvalue weighted by Crippen LogP contribution is 2.27. The van der Waals surface area contributed by atoms with E-state index >= 15 is 0 Å². The number of rotatable bonds is 7. The summed E-state index contributed by atoms with van der Waals surface area (Å²) in [6, 6.07) is 7.61. The standard InChI is InChI=1S/C15H24ClNO/c1-3-4-5-11(2)15(18)14(10-17)12-6-8-13(16)9-7-12/h6-9,11,14-15,18H,3-5,10,17H2,1-2H3. The lowest BCUT2D eigenvalue weighted by Crippen LogP contribution is -2.31. The second-order valence-electron chi connectivity index (χ2n) is 5.00. The quantitative estimate of drug-likeness (QED) is 0.795. The van der Waals surface area contributed by atoms with Gasteiger partial charge in [0.2, 0.25) is 0 Å². The van der Waals surface area contributed by atoms with Gasteiger partial charge in [0.15, 0.2) is 0 Å². The number of benzene rings is 1. The molecule has 1 aromatic carbocycles. The Hall–Kier alpha value is -0.570. The maximum Gasteiger partial charge on any atom is 0.0646 e. The first-order valence-electron chi connectivity index (χ1n) is 6.73. The van der Waals surface area contributed by atoms with Gasteiger partial charge in [-0.2, -0.15) is 0 Å². The van der Waals surface area contributed by atoms with Gasteiger partial charge in [-0.25, -0.2) is 0 Å². The molecule has 3 heteroatoms. The lowest BCUT2D eigenvalue weighted by Gasteiger charge is -2.27. The number of unbranched alkanes of at least 4 members (excludes halogenated alkanes) is 1. The minimum Gasteiger partial charge on any atom is -0.392 e. The Labute approximate surface area is 115 Å². The lowest BCUT2D eigenvalue weighted by molar-refractivity contribution is 0.0851. The Morgan fingerprint density at radius 1 is 1.28 bits per heavy atom. The second-order valence-corrected chi connectivity index (χ2v) is 5.44. The van der Waals surface area contributed by atoms with Crippen molar-refractivity contribution in [1.29, 1.82) is 0 Å². The molecule has 0 aliphatic carbocycles.